The second-order valence-electron chi connectivity index (χ2n) is 5.38. The molecule has 0 heterocycles. The van der Waals surface area contributed by atoms with Gasteiger partial charge in [0.15, 0.2) is 0 Å². The van der Waals surface area contributed by atoms with Crippen LogP contribution in [0.15, 0.2) is 0 Å². The normalized spacial score (nSPS) is 21.0. The van der Waals surface area contributed by atoms with Crippen molar-refractivity contribution in [3.8, 4) is 0 Å². The number of nitrogens with zero attached hydrogens (tertiary/aromatic N) is 1. The fourth-order valence-electron chi connectivity index (χ4n) is 2.79. The number of hydrogen-bond donors (Lipinski definition) is 2. The van der Waals surface area contributed by atoms with Crippen molar-refractivity contribution < 1.29 is 5.11 Å². The Balaban J connectivity index is 2.15. The van der Waals surface area contributed by atoms with E-state index in [4.69, 9.17) is 0 Å². The van der Waals surface area contributed by atoms with E-state index in [1.807, 2.05) is 0 Å². The summed E-state index contributed by atoms with van der Waals surface area (Å²) in [6, 6.07) is 0.559. The minimum atomic E-state index is -0.237. The summed E-state index contributed by atoms with van der Waals surface area (Å²) in [7, 11) is 0. The Labute approximate surface area is 107 Å². The second kappa shape index (κ2) is 8.06. The molecule has 3 nitrogen and oxygen atoms in total. The lowest BCUT2D eigenvalue weighted by molar-refractivity contribution is 0.112. The third-order valence-corrected chi connectivity index (χ3v) is 4.15. The van der Waals surface area contributed by atoms with Crippen LogP contribution in [-0.4, -0.2) is 48.3 Å². The van der Waals surface area contributed by atoms with Gasteiger partial charge in [-0.3, -0.25) is 0 Å². The van der Waals surface area contributed by atoms with Crippen LogP contribution in [0.2, 0.25) is 0 Å². The molecule has 1 saturated carbocycles. The fourth-order valence-corrected chi connectivity index (χ4v) is 2.79. The summed E-state index contributed by atoms with van der Waals surface area (Å²) in [5.74, 6) is 0.829. The van der Waals surface area contributed by atoms with Gasteiger partial charge >= 0.3 is 0 Å². The van der Waals surface area contributed by atoms with E-state index < -0.39 is 0 Å². The third-order valence-electron chi connectivity index (χ3n) is 4.15. The van der Waals surface area contributed by atoms with Gasteiger partial charge in [-0.05, 0) is 38.8 Å². The monoisotopic (exact) mass is 242 g/mol. The molecule has 0 spiro atoms. The minimum Gasteiger partial charge on any atom is -0.390 e. The third kappa shape index (κ3) is 5.36. The van der Waals surface area contributed by atoms with Crippen LogP contribution in [-0.2, 0) is 0 Å². The zero-order valence-corrected chi connectivity index (χ0v) is 11.8. The number of rotatable bonds is 8. The highest BCUT2D eigenvalue weighted by atomic mass is 16.3. The van der Waals surface area contributed by atoms with Crippen molar-refractivity contribution in [1.82, 2.24) is 10.2 Å². The number of hydrogen-bond acceptors (Lipinski definition) is 3. The average Bonchev–Trinajstić information content (AvgIpc) is 2.86. The molecule has 1 aliphatic carbocycles. The maximum absolute atomic E-state index is 9.97. The molecule has 0 saturated heterocycles. The van der Waals surface area contributed by atoms with E-state index in [-0.39, 0.29) is 6.10 Å². The summed E-state index contributed by atoms with van der Waals surface area (Å²) in [6.45, 7) is 10.1. The van der Waals surface area contributed by atoms with Gasteiger partial charge in [0, 0.05) is 19.1 Å². The standard InChI is InChI=1S/C14H30N2O/c1-4-16(5-2)11-14(17)10-15-12(3)13-8-6-7-9-13/h12-15,17H,4-11H2,1-3H3/t12-,14?/m1/s1. The molecule has 1 aliphatic rings. The molecular weight excluding hydrogens is 212 g/mol. The van der Waals surface area contributed by atoms with E-state index in [9.17, 15) is 5.11 Å². The van der Waals surface area contributed by atoms with Crippen LogP contribution >= 0.6 is 0 Å². The molecule has 102 valence electrons. The Morgan fingerprint density at radius 1 is 1.24 bits per heavy atom. The topological polar surface area (TPSA) is 35.5 Å². The van der Waals surface area contributed by atoms with Gasteiger partial charge in [0.05, 0.1) is 6.10 Å². The molecule has 0 radical (unpaired) electrons. The van der Waals surface area contributed by atoms with Gasteiger partial charge in [-0.2, -0.15) is 0 Å². The molecule has 0 aromatic heterocycles. The molecule has 0 aromatic carbocycles. The van der Waals surface area contributed by atoms with Crippen molar-refractivity contribution in [2.24, 2.45) is 5.92 Å². The molecule has 0 aliphatic heterocycles. The summed E-state index contributed by atoms with van der Waals surface area (Å²) in [4.78, 5) is 2.27. The second-order valence-corrected chi connectivity index (χ2v) is 5.38. The van der Waals surface area contributed by atoms with Crippen molar-refractivity contribution in [1.29, 1.82) is 0 Å². The molecule has 1 rings (SSSR count). The van der Waals surface area contributed by atoms with E-state index in [1.54, 1.807) is 0 Å². The van der Waals surface area contributed by atoms with Crippen LogP contribution in [0.5, 0.6) is 0 Å². The SMILES string of the molecule is CCN(CC)CC(O)CN[C@H](C)C1CCCC1. The van der Waals surface area contributed by atoms with E-state index in [0.29, 0.717) is 6.04 Å². The Kier molecular flexibility index (Phi) is 7.09. The van der Waals surface area contributed by atoms with Crippen molar-refractivity contribution in [2.45, 2.75) is 58.6 Å². The van der Waals surface area contributed by atoms with Gasteiger partial charge in [0.2, 0.25) is 0 Å². The van der Waals surface area contributed by atoms with E-state index in [1.165, 1.54) is 25.7 Å². The van der Waals surface area contributed by atoms with Crippen LogP contribution in [0.1, 0.15) is 46.5 Å². The Morgan fingerprint density at radius 3 is 2.35 bits per heavy atom. The molecule has 17 heavy (non-hydrogen) atoms. The van der Waals surface area contributed by atoms with Crippen molar-refractivity contribution in [2.75, 3.05) is 26.2 Å². The first-order chi connectivity index (χ1) is 8.17. The first kappa shape index (κ1) is 14.9. The molecule has 3 heteroatoms. The van der Waals surface area contributed by atoms with Crippen molar-refractivity contribution >= 4 is 0 Å². The van der Waals surface area contributed by atoms with Crippen LogP contribution in [0.4, 0.5) is 0 Å². The van der Waals surface area contributed by atoms with Crippen LogP contribution < -0.4 is 5.32 Å². The molecule has 1 unspecified atom stereocenters. The van der Waals surface area contributed by atoms with Crippen LogP contribution in [0.3, 0.4) is 0 Å². The zero-order valence-electron chi connectivity index (χ0n) is 11.8. The molecule has 2 atom stereocenters. The number of aliphatic hydroxyl groups excluding tert-OH is 1. The highest BCUT2D eigenvalue weighted by molar-refractivity contribution is 4.78. The number of nitrogens with one attached hydrogen (secondary N) is 1. The summed E-state index contributed by atoms with van der Waals surface area (Å²) in [6.07, 6.45) is 5.26. The van der Waals surface area contributed by atoms with Crippen LogP contribution in [0, 0.1) is 5.92 Å². The first-order valence-corrected chi connectivity index (χ1v) is 7.31. The molecule has 0 aromatic rings. The van der Waals surface area contributed by atoms with E-state index in [2.05, 4.69) is 31.0 Å². The van der Waals surface area contributed by atoms with Gasteiger partial charge in [-0.15, -0.1) is 0 Å². The molecule has 0 amide bonds. The summed E-state index contributed by atoms with van der Waals surface area (Å²) < 4.78 is 0. The van der Waals surface area contributed by atoms with E-state index in [0.717, 1.165) is 32.1 Å². The van der Waals surface area contributed by atoms with Crippen molar-refractivity contribution in [3.05, 3.63) is 0 Å². The number of aliphatic hydroxyl groups is 1. The Bertz CT molecular complexity index is 189. The highest BCUT2D eigenvalue weighted by Gasteiger charge is 2.21. The Morgan fingerprint density at radius 2 is 1.82 bits per heavy atom. The highest BCUT2D eigenvalue weighted by Crippen LogP contribution is 2.27. The summed E-state index contributed by atoms with van der Waals surface area (Å²) in [5.41, 5.74) is 0. The van der Waals surface area contributed by atoms with Gasteiger partial charge in [-0.1, -0.05) is 26.7 Å². The predicted octanol–water partition coefficient (Wildman–Crippen LogP) is 1.86. The van der Waals surface area contributed by atoms with Gasteiger partial charge < -0.3 is 15.3 Å². The Hall–Kier alpha value is -0.120. The average molecular weight is 242 g/mol. The van der Waals surface area contributed by atoms with Gasteiger partial charge in [-0.25, -0.2) is 0 Å². The smallest absolute Gasteiger partial charge is 0.0791 e. The fraction of sp³-hybridized carbons (Fsp3) is 1.00. The molecule has 2 N–H and O–H groups in total. The number of likely N-dealkylation sites (N-methyl/N-ethyl adjacent to an activating group) is 1. The lowest BCUT2D eigenvalue weighted by atomic mass is 10.00. The zero-order chi connectivity index (χ0) is 12.7. The van der Waals surface area contributed by atoms with Crippen molar-refractivity contribution in [3.63, 3.8) is 0 Å². The van der Waals surface area contributed by atoms with Crippen LogP contribution in [0.25, 0.3) is 0 Å². The molecule has 1 fully saturated rings. The lowest BCUT2D eigenvalue weighted by Crippen LogP contribution is -2.42. The first-order valence-electron chi connectivity index (χ1n) is 7.31. The summed E-state index contributed by atoms with van der Waals surface area (Å²) in [5, 5.41) is 13.5. The maximum atomic E-state index is 9.97. The molecule has 0 bridgehead atoms. The predicted molar refractivity (Wildman–Crippen MR) is 73.2 cm³/mol. The maximum Gasteiger partial charge on any atom is 0.0791 e. The largest absolute Gasteiger partial charge is 0.390 e. The molecular formula is C14H30N2O. The summed E-state index contributed by atoms with van der Waals surface area (Å²) >= 11 is 0. The van der Waals surface area contributed by atoms with E-state index >= 15 is 0 Å². The minimum absolute atomic E-state index is 0.237. The van der Waals surface area contributed by atoms with Gasteiger partial charge in [0.1, 0.15) is 0 Å². The lowest BCUT2D eigenvalue weighted by Gasteiger charge is -2.25. The van der Waals surface area contributed by atoms with Gasteiger partial charge in [0.25, 0.3) is 0 Å². The quantitative estimate of drug-likeness (QED) is 0.682.